The van der Waals surface area contributed by atoms with Crippen LogP contribution in [0.25, 0.3) is 0 Å². The summed E-state index contributed by atoms with van der Waals surface area (Å²) in [5, 5.41) is 2.29. The molecule has 0 spiro atoms. The van der Waals surface area contributed by atoms with Crippen LogP contribution in [0.15, 0.2) is 12.2 Å². The van der Waals surface area contributed by atoms with E-state index in [1.54, 1.807) is 0 Å². The van der Waals surface area contributed by atoms with Gasteiger partial charge in [0.2, 0.25) is 5.91 Å². The molecule has 0 saturated carbocycles. The SMILES string of the molecule is COC(=O)/C=C/C(=O)NC[C@H](N)C(=O)OCC(C)=O.Cl. The van der Waals surface area contributed by atoms with Crippen LogP contribution in [0.3, 0.4) is 0 Å². The number of carbonyl (C=O) groups is 4. The zero-order valence-electron chi connectivity index (χ0n) is 11.1. The summed E-state index contributed by atoms with van der Waals surface area (Å²) >= 11 is 0. The highest BCUT2D eigenvalue weighted by Crippen LogP contribution is 1.86. The summed E-state index contributed by atoms with van der Waals surface area (Å²) in [6.07, 6.45) is 1.87. The first kappa shape index (κ1) is 20.4. The number of amides is 1. The number of rotatable bonds is 7. The van der Waals surface area contributed by atoms with Crippen molar-refractivity contribution in [3.8, 4) is 0 Å². The van der Waals surface area contributed by atoms with Crippen molar-refractivity contribution in [3.63, 3.8) is 0 Å². The van der Waals surface area contributed by atoms with Crippen LogP contribution in [-0.2, 0) is 28.7 Å². The van der Waals surface area contributed by atoms with Gasteiger partial charge in [-0.05, 0) is 6.92 Å². The molecule has 1 atom stereocenters. The average Bonchev–Trinajstić information content (AvgIpc) is 2.38. The van der Waals surface area contributed by atoms with Crippen LogP contribution >= 0.6 is 12.4 Å². The van der Waals surface area contributed by atoms with Gasteiger partial charge in [0.05, 0.1) is 7.11 Å². The molecule has 0 unspecified atom stereocenters. The molecular weight excluding hydrogens is 292 g/mol. The van der Waals surface area contributed by atoms with E-state index < -0.39 is 23.9 Å². The Kier molecular flexibility index (Phi) is 11.2. The number of nitrogens with one attached hydrogen (secondary N) is 1. The van der Waals surface area contributed by atoms with Gasteiger partial charge in [-0.2, -0.15) is 0 Å². The van der Waals surface area contributed by atoms with Crippen LogP contribution in [-0.4, -0.2) is 49.9 Å². The summed E-state index contributed by atoms with van der Waals surface area (Å²) in [5.41, 5.74) is 5.42. The summed E-state index contributed by atoms with van der Waals surface area (Å²) in [7, 11) is 1.17. The molecule has 1 amide bonds. The van der Waals surface area contributed by atoms with E-state index in [2.05, 4.69) is 14.8 Å². The molecule has 0 bridgehead atoms. The zero-order chi connectivity index (χ0) is 14.8. The Hall–Kier alpha value is -1.93. The van der Waals surface area contributed by atoms with Gasteiger partial charge < -0.3 is 20.5 Å². The Morgan fingerprint density at radius 3 is 2.35 bits per heavy atom. The van der Waals surface area contributed by atoms with Crippen molar-refractivity contribution >= 4 is 36.0 Å². The van der Waals surface area contributed by atoms with Gasteiger partial charge in [-0.1, -0.05) is 0 Å². The number of methoxy groups -OCH3 is 1. The van der Waals surface area contributed by atoms with Crippen molar-refractivity contribution in [1.82, 2.24) is 5.32 Å². The fraction of sp³-hybridized carbons (Fsp3) is 0.455. The van der Waals surface area contributed by atoms with E-state index in [4.69, 9.17) is 5.73 Å². The normalized spacial score (nSPS) is 11.2. The first-order valence-corrected chi connectivity index (χ1v) is 5.32. The summed E-state index contributed by atoms with van der Waals surface area (Å²) in [6, 6.07) is -1.09. The minimum atomic E-state index is -1.09. The quantitative estimate of drug-likeness (QED) is 0.443. The van der Waals surface area contributed by atoms with Crippen molar-refractivity contribution in [1.29, 1.82) is 0 Å². The number of carbonyl (C=O) groups excluding carboxylic acids is 4. The predicted molar refractivity (Wildman–Crippen MR) is 71.0 cm³/mol. The van der Waals surface area contributed by atoms with Crippen molar-refractivity contribution in [2.45, 2.75) is 13.0 Å². The molecule has 0 aromatic rings. The highest BCUT2D eigenvalue weighted by atomic mass is 35.5. The minimum absolute atomic E-state index is 0. The molecule has 114 valence electrons. The molecule has 0 aliphatic rings. The summed E-state index contributed by atoms with van der Waals surface area (Å²) in [4.78, 5) is 43.7. The predicted octanol–water partition coefficient (Wildman–Crippen LogP) is -1.29. The van der Waals surface area contributed by atoms with Gasteiger partial charge in [0.15, 0.2) is 5.78 Å². The molecule has 0 radical (unpaired) electrons. The molecule has 8 nitrogen and oxygen atoms in total. The van der Waals surface area contributed by atoms with Crippen LogP contribution < -0.4 is 11.1 Å². The second-order valence-electron chi connectivity index (χ2n) is 3.52. The van der Waals surface area contributed by atoms with Gasteiger partial charge in [0.1, 0.15) is 12.6 Å². The summed E-state index contributed by atoms with van der Waals surface area (Å²) < 4.78 is 8.84. The van der Waals surface area contributed by atoms with E-state index in [1.807, 2.05) is 0 Å². The highest BCUT2D eigenvalue weighted by molar-refractivity contribution is 5.94. The number of hydrogen-bond acceptors (Lipinski definition) is 7. The third-order valence-corrected chi connectivity index (χ3v) is 1.79. The van der Waals surface area contributed by atoms with Crippen molar-refractivity contribution in [2.24, 2.45) is 5.73 Å². The molecule has 0 heterocycles. The fourth-order valence-corrected chi connectivity index (χ4v) is 0.844. The lowest BCUT2D eigenvalue weighted by atomic mass is 10.3. The van der Waals surface area contributed by atoms with E-state index in [-0.39, 0.29) is 31.3 Å². The number of Topliss-reactive ketones (excluding diaryl/α,β-unsaturated/α-hetero) is 1. The smallest absolute Gasteiger partial charge is 0.330 e. The van der Waals surface area contributed by atoms with Gasteiger partial charge in [-0.15, -0.1) is 12.4 Å². The van der Waals surface area contributed by atoms with Crippen LogP contribution in [0.5, 0.6) is 0 Å². The average molecular weight is 309 g/mol. The molecule has 0 fully saturated rings. The summed E-state index contributed by atoms with van der Waals surface area (Å²) in [6.45, 7) is 0.724. The Labute approximate surface area is 122 Å². The van der Waals surface area contributed by atoms with E-state index in [1.165, 1.54) is 14.0 Å². The molecular formula is C11H17ClN2O6. The van der Waals surface area contributed by atoms with Crippen LogP contribution in [0.1, 0.15) is 6.92 Å². The number of nitrogens with two attached hydrogens (primary N) is 1. The third-order valence-electron chi connectivity index (χ3n) is 1.79. The number of hydrogen-bond donors (Lipinski definition) is 2. The van der Waals surface area contributed by atoms with Gasteiger partial charge >= 0.3 is 11.9 Å². The Balaban J connectivity index is 0. The fourth-order valence-electron chi connectivity index (χ4n) is 0.844. The van der Waals surface area contributed by atoms with Gasteiger partial charge in [0.25, 0.3) is 0 Å². The minimum Gasteiger partial charge on any atom is -0.466 e. The first-order chi connectivity index (χ1) is 8.86. The van der Waals surface area contributed by atoms with Crippen molar-refractivity contribution < 1.29 is 28.7 Å². The van der Waals surface area contributed by atoms with Crippen LogP contribution in [0, 0.1) is 0 Å². The highest BCUT2D eigenvalue weighted by Gasteiger charge is 2.16. The van der Waals surface area contributed by atoms with Gasteiger partial charge in [-0.25, -0.2) is 4.79 Å². The first-order valence-electron chi connectivity index (χ1n) is 5.32. The maximum atomic E-state index is 11.2. The molecule has 0 aromatic heterocycles. The maximum Gasteiger partial charge on any atom is 0.330 e. The number of ether oxygens (including phenoxy) is 2. The molecule has 0 rings (SSSR count). The molecule has 3 N–H and O–H groups in total. The van der Waals surface area contributed by atoms with E-state index >= 15 is 0 Å². The third kappa shape index (κ3) is 10.0. The summed E-state index contributed by atoms with van der Waals surface area (Å²) in [5.74, 6) is -2.40. The van der Waals surface area contributed by atoms with E-state index in [9.17, 15) is 19.2 Å². The standard InChI is InChI=1S/C11H16N2O6.ClH/c1-7(14)6-19-11(17)8(12)5-13-9(15)3-4-10(16)18-2;/h3-4,8H,5-6,12H2,1-2H3,(H,13,15);1H/b4-3+;/t8-;/m0./s1. The second-order valence-corrected chi connectivity index (χ2v) is 3.52. The molecule has 0 aliphatic carbocycles. The molecule has 9 heteroatoms. The van der Waals surface area contributed by atoms with Crippen molar-refractivity contribution in [2.75, 3.05) is 20.3 Å². The van der Waals surface area contributed by atoms with Crippen molar-refractivity contribution in [3.05, 3.63) is 12.2 Å². The topological polar surface area (TPSA) is 125 Å². The van der Waals surface area contributed by atoms with Gasteiger partial charge in [-0.3, -0.25) is 14.4 Å². The van der Waals surface area contributed by atoms with Gasteiger partial charge in [0, 0.05) is 18.7 Å². The number of ketones is 1. The Morgan fingerprint density at radius 2 is 1.85 bits per heavy atom. The zero-order valence-corrected chi connectivity index (χ0v) is 11.9. The maximum absolute atomic E-state index is 11.2. The lowest BCUT2D eigenvalue weighted by Crippen LogP contribution is -2.43. The second kappa shape index (κ2) is 10.9. The number of esters is 2. The molecule has 0 saturated heterocycles. The lowest BCUT2D eigenvalue weighted by molar-refractivity contribution is -0.148. The Morgan fingerprint density at radius 1 is 1.25 bits per heavy atom. The lowest BCUT2D eigenvalue weighted by Gasteiger charge is -2.10. The molecule has 0 aromatic carbocycles. The van der Waals surface area contributed by atoms with Crippen LogP contribution in [0.4, 0.5) is 0 Å². The monoisotopic (exact) mass is 308 g/mol. The van der Waals surface area contributed by atoms with E-state index in [0.29, 0.717) is 0 Å². The Bertz CT molecular complexity index is 396. The van der Waals surface area contributed by atoms with Crippen LogP contribution in [0.2, 0.25) is 0 Å². The largest absolute Gasteiger partial charge is 0.466 e. The van der Waals surface area contributed by atoms with E-state index in [0.717, 1.165) is 12.2 Å². The molecule has 0 aliphatic heterocycles. The number of halogens is 1. The molecule has 20 heavy (non-hydrogen) atoms.